The van der Waals surface area contributed by atoms with E-state index in [1.54, 1.807) is 13.8 Å². The number of benzene rings is 1. The molecule has 0 aromatic heterocycles. The third-order valence-corrected chi connectivity index (χ3v) is 2.40. The molecule has 0 aliphatic rings. The highest BCUT2D eigenvalue weighted by molar-refractivity contribution is 9.10. The average Bonchev–Trinajstić information content (AvgIpc) is 2.19. The molecule has 92 valence electrons. The standard InChI is InChI=1S/C10H11BrN2O4/c1-6(2)17-10(14)12-9-4-3-7(13(15)16)5-8(9)11/h3-6H,1-2H3,(H,12,14). The largest absolute Gasteiger partial charge is 0.447 e. The summed E-state index contributed by atoms with van der Waals surface area (Å²) in [5.74, 6) is 0. The topological polar surface area (TPSA) is 81.5 Å². The van der Waals surface area contributed by atoms with Gasteiger partial charge in [0, 0.05) is 16.6 Å². The van der Waals surface area contributed by atoms with Gasteiger partial charge >= 0.3 is 6.09 Å². The van der Waals surface area contributed by atoms with Crippen LogP contribution in [0.5, 0.6) is 0 Å². The third kappa shape index (κ3) is 4.03. The van der Waals surface area contributed by atoms with Crippen molar-refractivity contribution in [1.82, 2.24) is 0 Å². The van der Waals surface area contributed by atoms with Crippen molar-refractivity contribution in [2.24, 2.45) is 0 Å². The van der Waals surface area contributed by atoms with Crippen molar-refractivity contribution < 1.29 is 14.5 Å². The molecule has 1 N–H and O–H groups in total. The van der Waals surface area contributed by atoms with Crippen LogP contribution in [0.25, 0.3) is 0 Å². The molecule has 0 spiro atoms. The number of amides is 1. The SMILES string of the molecule is CC(C)OC(=O)Nc1ccc([N+](=O)[O-])cc1Br. The van der Waals surface area contributed by atoms with Crippen molar-refractivity contribution in [2.45, 2.75) is 20.0 Å². The van der Waals surface area contributed by atoms with Crippen LogP contribution in [0.3, 0.4) is 0 Å². The minimum absolute atomic E-state index is 0.0559. The van der Waals surface area contributed by atoms with E-state index in [2.05, 4.69) is 21.2 Å². The van der Waals surface area contributed by atoms with Crippen LogP contribution in [0.2, 0.25) is 0 Å². The van der Waals surface area contributed by atoms with Gasteiger partial charge in [0.25, 0.3) is 5.69 Å². The number of anilines is 1. The van der Waals surface area contributed by atoms with Crippen molar-refractivity contribution in [2.75, 3.05) is 5.32 Å². The molecule has 0 aliphatic heterocycles. The van der Waals surface area contributed by atoms with E-state index in [-0.39, 0.29) is 11.8 Å². The average molecular weight is 303 g/mol. The van der Waals surface area contributed by atoms with Gasteiger partial charge in [-0.3, -0.25) is 15.4 Å². The number of nitrogens with one attached hydrogen (secondary N) is 1. The third-order valence-electron chi connectivity index (χ3n) is 1.74. The maximum Gasteiger partial charge on any atom is 0.411 e. The fraction of sp³-hybridized carbons (Fsp3) is 0.300. The number of hydrogen-bond donors (Lipinski definition) is 1. The number of ether oxygens (including phenoxy) is 1. The van der Waals surface area contributed by atoms with Crippen LogP contribution >= 0.6 is 15.9 Å². The lowest BCUT2D eigenvalue weighted by Gasteiger charge is -2.10. The van der Waals surface area contributed by atoms with E-state index in [1.165, 1.54) is 18.2 Å². The van der Waals surface area contributed by atoms with Crippen molar-refractivity contribution in [1.29, 1.82) is 0 Å². The van der Waals surface area contributed by atoms with E-state index in [4.69, 9.17) is 4.74 Å². The van der Waals surface area contributed by atoms with Gasteiger partial charge in [-0.1, -0.05) is 0 Å². The summed E-state index contributed by atoms with van der Waals surface area (Å²) in [5, 5.41) is 13.0. The van der Waals surface area contributed by atoms with E-state index >= 15 is 0 Å². The Balaban J connectivity index is 2.79. The lowest BCUT2D eigenvalue weighted by molar-refractivity contribution is -0.384. The number of halogens is 1. The fourth-order valence-electron chi connectivity index (χ4n) is 1.07. The van der Waals surface area contributed by atoms with Crippen molar-refractivity contribution >= 4 is 33.4 Å². The molecule has 0 radical (unpaired) electrons. The monoisotopic (exact) mass is 302 g/mol. The van der Waals surface area contributed by atoms with Gasteiger partial charge in [0.1, 0.15) is 0 Å². The molecule has 7 heteroatoms. The molecule has 1 rings (SSSR count). The molecule has 1 aromatic carbocycles. The molecule has 0 heterocycles. The number of hydrogen-bond acceptors (Lipinski definition) is 4. The Labute approximate surface area is 106 Å². The van der Waals surface area contributed by atoms with Gasteiger partial charge in [-0.05, 0) is 35.8 Å². The van der Waals surface area contributed by atoms with E-state index in [9.17, 15) is 14.9 Å². The molecule has 17 heavy (non-hydrogen) atoms. The summed E-state index contributed by atoms with van der Waals surface area (Å²) in [6.07, 6.45) is -0.832. The number of carbonyl (C=O) groups excluding carboxylic acids is 1. The summed E-state index contributed by atoms with van der Waals surface area (Å²) in [6, 6.07) is 4.05. The zero-order chi connectivity index (χ0) is 13.0. The van der Waals surface area contributed by atoms with Crippen LogP contribution in [-0.2, 0) is 4.74 Å². The molecule has 1 aromatic rings. The van der Waals surface area contributed by atoms with E-state index < -0.39 is 11.0 Å². The summed E-state index contributed by atoms with van der Waals surface area (Å²) >= 11 is 3.14. The van der Waals surface area contributed by atoms with E-state index in [0.29, 0.717) is 10.2 Å². The number of nitro groups is 1. The highest BCUT2D eigenvalue weighted by Gasteiger charge is 2.12. The van der Waals surface area contributed by atoms with Crippen molar-refractivity contribution in [3.8, 4) is 0 Å². The molecule has 0 saturated heterocycles. The summed E-state index contributed by atoms with van der Waals surface area (Å²) in [4.78, 5) is 21.3. The molecule has 0 aliphatic carbocycles. The molecule has 0 bridgehead atoms. The Morgan fingerprint density at radius 2 is 2.18 bits per heavy atom. The number of rotatable bonds is 3. The van der Waals surface area contributed by atoms with Gasteiger partial charge in [-0.15, -0.1) is 0 Å². The normalized spacial score (nSPS) is 10.1. The first kappa shape index (κ1) is 13.4. The fourth-order valence-corrected chi connectivity index (χ4v) is 1.54. The zero-order valence-electron chi connectivity index (χ0n) is 9.27. The molecule has 0 fully saturated rings. The first-order valence-electron chi connectivity index (χ1n) is 4.81. The predicted octanol–water partition coefficient (Wildman–Crippen LogP) is 3.31. The van der Waals surface area contributed by atoms with Crippen LogP contribution in [0.4, 0.5) is 16.2 Å². The van der Waals surface area contributed by atoms with Crippen LogP contribution in [0, 0.1) is 10.1 Å². The number of carbonyl (C=O) groups is 1. The van der Waals surface area contributed by atoms with E-state index in [1.807, 2.05) is 0 Å². The molecule has 0 saturated carbocycles. The summed E-state index contributed by atoms with van der Waals surface area (Å²) in [7, 11) is 0. The van der Waals surface area contributed by atoms with Crippen molar-refractivity contribution in [3.05, 3.63) is 32.8 Å². The highest BCUT2D eigenvalue weighted by Crippen LogP contribution is 2.27. The Morgan fingerprint density at radius 3 is 2.65 bits per heavy atom. The molecule has 1 amide bonds. The van der Waals surface area contributed by atoms with Gasteiger partial charge in [-0.2, -0.15) is 0 Å². The summed E-state index contributed by atoms with van der Waals surface area (Å²) in [6.45, 7) is 3.45. The van der Waals surface area contributed by atoms with Gasteiger partial charge in [0.2, 0.25) is 0 Å². The predicted molar refractivity (Wildman–Crippen MR) is 66.0 cm³/mol. The van der Waals surface area contributed by atoms with Crippen LogP contribution < -0.4 is 5.32 Å². The highest BCUT2D eigenvalue weighted by atomic mass is 79.9. The Bertz CT molecular complexity index is 448. The lowest BCUT2D eigenvalue weighted by atomic mass is 10.3. The lowest BCUT2D eigenvalue weighted by Crippen LogP contribution is -2.18. The smallest absolute Gasteiger partial charge is 0.411 e. The minimum atomic E-state index is -0.602. The molecule has 0 atom stereocenters. The molecule has 0 unspecified atom stereocenters. The van der Waals surface area contributed by atoms with Gasteiger partial charge in [-0.25, -0.2) is 4.79 Å². The van der Waals surface area contributed by atoms with Crippen LogP contribution in [-0.4, -0.2) is 17.1 Å². The van der Waals surface area contributed by atoms with Gasteiger partial charge < -0.3 is 4.74 Å². The second-order valence-corrected chi connectivity index (χ2v) is 4.35. The number of nitro benzene ring substituents is 1. The number of nitrogens with zero attached hydrogens (tertiary/aromatic N) is 1. The maximum absolute atomic E-state index is 11.3. The molecule has 6 nitrogen and oxygen atoms in total. The van der Waals surface area contributed by atoms with Crippen LogP contribution in [0.1, 0.15) is 13.8 Å². The Morgan fingerprint density at radius 1 is 1.53 bits per heavy atom. The Kier molecular flexibility index (Phi) is 4.45. The number of non-ortho nitro benzene ring substituents is 1. The first-order chi connectivity index (χ1) is 7.90. The summed E-state index contributed by atoms with van der Waals surface area (Å²) in [5.41, 5.74) is 0.362. The van der Waals surface area contributed by atoms with Crippen LogP contribution in [0.15, 0.2) is 22.7 Å². The second-order valence-electron chi connectivity index (χ2n) is 3.50. The second kappa shape index (κ2) is 5.62. The molecular weight excluding hydrogens is 292 g/mol. The zero-order valence-corrected chi connectivity index (χ0v) is 10.9. The maximum atomic E-state index is 11.3. The van der Waals surface area contributed by atoms with Crippen molar-refractivity contribution in [3.63, 3.8) is 0 Å². The minimum Gasteiger partial charge on any atom is -0.447 e. The van der Waals surface area contributed by atoms with Gasteiger partial charge in [0.05, 0.1) is 16.7 Å². The molecular formula is C10H11BrN2O4. The first-order valence-corrected chi connectivity index (χ1v) is 5.61. The Hall–Kier alpha value is -1.63. The van der Waals surface area contributed by atoms with E-state index in [0.717, 1.165) is 0 Å². The van der Waals surface area contributed by atoms with Gasteiger partial charge in [0.15, 0.2) is 0 Å². The quantitative estimate of drug-likeness (QED) is 0.686. The summed E-state index contributed by atoms with van der Waals surface area (Å²) < 4.78 is 5.31.